The summed E-state index contributed by atoms with van der Waals surface area (Å²) in [4.78, 5) is 36.3. The first-order chi connectivity index (χ1) is 21.3. The van der Waals surface area contributed by atoms with E-state index in [1.165, 1.54) is 13.8 Å². The van der Waals surface area contributed by atoms with E-state index in [2.05, 4.69) is 31.9 Å². The number of aliphatic hydroxyl groups is 1. The van der Waals surface area contributed by atoms with Crippen molar-refractivity contribution < 1.29 is 44.1 Å². The van der Waals surface area contributed by atoms with Gasteiger partial charge in [0.1, 0.15) is 0 Å². The predicted molar refractivity (Wildman–Crippen MR) is 186 cm³/mol. The number of esters is 2. The molecule has 2 aromatic rings. The Labute approximate surface area is 289 Å². The maximum atomic E-state index is 12.5. The zero-order chi connectivity index (χ0) is 34.9. The smallest absolute Gasteiger partial charge is 0.326 e. The van der Waals surface area contributed by atoms with Crippen molar-refractivity contribution in [2.24, 2.45) is 22.7 Å². The van der Waals surface area contributed by atoms with Crippen molar-refractivity contribution in [1.29, 1.82) is 0 Å². The van der Waals surface area contributed by atoms with Gasteiger partial charge in [-0.3, -0.25) is 14.4 Å². The summed E-state index contributed by atoms with van der Waals surface area (Å²) in [6.45, 7) is 8.16. The van der Waals surface area contributed by atoms with Gasteiger partial charge < -0.3 is 29.7 Å². The molecule has 1 saturated heterocycles. The van der Waals surface area contributed by atoms with Gasteiger partial charge in [0.05, 0.1) is 12.0 Å². The molecule has 0 radical (unpaired) electrons. The number of halogens is 2. The van der Waals surface area contributed by atoms with E-state index in [1.807, 2.05) is 48.5 Å². The normalized spacial score (nSPS) is 17.7. The second-order valence-corrected chi connectivity index (χ2v) is 15.3. The predicted octanol–water partition coefficient (Wildman–Crippen LogP) is 6.15. The third kappa shape index (κ3) is 12.4. The first-order valence-corrected chi connectivity index (χ1v) is 17.0. The number of hydrogen-bond acceptors (Lipinski definition) is 8. The minimum Gasteiger partial charge on any atom is -0.481 e. The first kappa shape index (κ1) is 40.0. The molecule has 252 valence electrons. The highest BCUT2D eigenvalue weighted by molar-refractivity contribution is 9.10. The summed E-state index contributed by atoms with van der Waals surface area (Å²) >= 11 is 6.78. The van der Waals surface area contributed by atoms with Crippen molar-refractivity contribution in [1.82, 2.24) is 0 Å². The Morgan fingerprint density at radius 3 is 1.59 bits per heavy atom. The van der Waals surface area contributed by atoms with Crippen LogP contribution in [-0.4, -0.2) is 64.4 Å². The highest BCUT2D eigenvalue weighted by Crippen LogP contribution is 2.39. The molecule has 4 N–H and O–H groups in total. The van der Waals surface area contributed by atoms with Gasteiger partial charge in [-0.1, -0.05) is 69.8 Å². The molecule has 1 heterocycles. The Balaban J connectivity index is 0.000000326. The summed E-state index contributed by atoms with van der Waals surface area (Å²) in [6, 6.07) is 15.7. The fourth-order valence-electron chi connectivity index (χ4n) is 5.73. The van der Waals surface area contributed by atoms with Crippen molar-refractivity contribution in [3.8, 4) is 0 Å². The Morgan fingerprint density at radius 2 is 1.22 bits per heavy atom. The standard InChI is InChI=1S/C18H24BBrO5.C15H22BBrO4/c1-17(2)24-15(21)18(3,16(22)25-17)10-13(11-19(4)23)9-12-5-7-14(20)8-6-12;1-15(10-18,14(19)20)8-12(9-16(2)21)7-11-3-5-13(17)6-4-11/h5-8,13,23H,9-11H2,1-4H3;3-6,12,18,21H,7-10H2,1-2H3,(H,19,20)/t13-;12-,15+/m11/s1. The number of aliphatic hydroxyl groups excluding tert-OH is 1. The van der Waals surface area contributed by atoms with Gasteiger partial charge in [0.2, 0.25) is 0 Å². The highest BCUT2D eigenvalue weighted by Gasteiger charge is 2.53. The quantitative estimate of drug-likeness (QED) is 0.101. The molecule has 46 heavy (non-hydrogen) atoms. The second-order valence-electron chi connectivity index (χ2n) is 13.5. The fraction of sp³-hybridized carbons (Fsp3) is 0.545. The molecule has 0 aliphatic carbocycles. The number of carbonyl (C=O) groups excluding carboxylic acids is 2. The van der Waals surface area contributed by atoms with Gasteiger partial charge >= 0.3 is 17.9 Å². The van der Waals surface area contributed by atoms with Crippen LogP contribution in [0.1, 0.15) is 51.7 Å². The van der Waals surface area contributed by atoms with E-state index in [4.69, 9.17) is 9.47 Å². The number of rotatable bonds is 14. The lowest BCUT2D eigenvalue weighted by atomic mass is 9.60. The van der Waals surface area contributed by atoms with E-state index in [1.54, 1.807) is 27.5 Å². The number of aliphatic carboxylic acids is 1. The number of cyclic esters (lactones) is 2. The lowest BCUT2D eigenvalue weighted by molar-refractivity contribution is -0.250. The van der Waals surface area contributed by atoms with Gasteiger partial charge in [0, 0.05) is 22.8 Å². The van der Waals surface area contributed by atoms with Crippen molar-refractivity contribution in [3.63, 3.8) is 0 Å². The van der Waals surface area contributed by atoms with Crippen LogP contribution in [0.3, 0.4) is 0 Å². The van der Waals surface area contributed by atoms with E-state index < -0.39 is 55.0 Å². The van der Waals surface area contributed by atoms with Gasteiger partial charge in [0.15, 0.2) is 5.41 Å². The molecule has 3 atom stereocenters. The maximum Gasteiger partial charge on any atom is 0.326 e. The molecule has 0 unspecified atom stereocenters. The highest BCUT2D eigenvalue weighted by atomic mass is 79.9. The first-order valence-electron chi connectivity index (χ1n) is 15.4. The molecule has 0 bridgehead atoms. The molecule has 9 nitrogen and oxygen atoms in total. The Kier molecular flexibility index (Phi) is 15.0. The van der Waals surface area contributed by atoms with Crippen molar-refractivity contribution in [2.75, 3.05) is 6.61 Å². The Morgan fingerprint density at radius 1 is 0.826 bits per heavy atom. The number of benzene rings is 2. The summed E-state index contributed by atoms with van der Waals surface area (Å²) in [5.41, 5.74) is -0.357. The van der Waals surface area contributed by atoms with Crippen LogP contribution in [0.15, 0.2) is 57.5 Å². The van der Waals surface area contributed by atoms with Crippen LogP contribution in [0.4, 0.5) is 0 Å². The molecule has 13 heteroatoms. The number of carbonyl (C=O) groups is 3. The average molecular weight is 768 g/mol. The zero-order valence-electron chi connectivity index (χ0n) is 27.5. The molecular formula is C33H46B2Br2O9. The molecule has 1 fully saturated rings. The third-order valence-corrected chi connectivity index (χ3v) is 9.16. The van der Waals surface area contributed by atoms with Crippen molar-refractivity contribution in [2.45, 2.75) is 85.5 Å². The molecule has 2 aromatic carbocycles. The summed E-state index contributed by atoms with van der Waals surface area (Å²) in [7, 11) is 0. The van der Waals surface area contributed by atoms with Crippen LogP contribution in [-0.2, 0) is 36.7 Å². The number of ether oxygens (including phenoxy) is 2. The van der Waals surface area contributed by atoms with E-state index >= 15 is 0 Å². The Hall–Kier alpha value is -2.18. The molecule has 0 aromatic heterocycles. The zero-order valence-corrected chi connectivity index (χ0v) is 30.6. The fourth-order valence-corrected chi connectivity index (χ4v) is 6.26. The number of carboxylic acid groups (broad SMARTS) is 1. The largest absolute Gasteiger partial charge is 0.481 e. The molecule has 0 amide bonds. The summed E-state index contributed by atoms with van der Waals surface area (Å²) in [5, 5.41) is 38.1. The number of carboxylic acids is 1. The van der Waals surface area contributed by atoms with Gasteiger partial charge in [0.25, 0.3) is 19.6 Å². The van der Waals surface area contributed by atoms with E-state index in [0.717, 1.165) is 20.1 Å². The lowest BCUT2D eigenvalue weighted by Gasteiger charge is -2.39. The molecule has 0 saturated carbocycles. The van der Waals surface area contributed by atoms with E-state index in [-0.39, 0.29) is 18.3 Å². The van der Waals surface area contributed by atoms with Gasteiger partial charge in [-0.2, -0.15) is 0 Å². The molecule has 0 spiro atoms. The van der Waals surface area contributed by atoms with Crippen LogP contribution in [0.2, 0.25) is 26.3 Å². The van der Waals surface area contributed by atoms with Crippen molar-refractivity contribution >= 4 is 63.6 Å². The molecular weight excluding hydrogens is 722 g/mol. The maximum absolute atomic E-state index is 12.5. The summed E-state index contributed by atoms with van der Waals surface area (Å²) < 4.78 is 12.5. The van der Waals surface area contributed by atoms with Crippen LogP contribution in [0.5, 0.6) is 0 Å². The SMILES string of the molecule is CB(O)C[C@H](Cc1ccc(Br)cc1)CC1(C)C(=O)OC(C)(C)OC1=O.CB(O)C[C@H](Cc1ccc(Br)cc1)C[C@@](C)(CO)C(=O)O. The van der Waals surface area contributed by atoms with Crippen LogP contribution >= 0.6 is 31.9 Å². The van der Waals surface area contributed by atoms with E-state index in [0.29, 0.717) is 31.9 Å². The lowest BCUT2D eigenvalue weighted by Crippen LogP contribution is -2.53. The molecule has 3 rings (SSSR count). The second kappa shape index (κ2) is 17.3. The third-order valence-electron chi connectivity index (χ3n) is 8.10. The van der Waals surface area contributed by atoms with Gasteiger partial charge in [-0.05, 0) is 99.4 Å². The average Bonchev–Trinajstić information content (AvgIpc) is 2.93. The summed E-state index contributed by atoms with van der Waals surface area (Å²) in [6.07, 6.45) is 2.93. The van der Waals surface area contributed by atoms with Crippen LogP contribution < -0.4 is 0 Å². The van der Waals surface area contributed by atoms with Crippen LogP contribution in [0, 0.1) is 22.7 Å². The monoisotopic (exact) mass is 766 g/mol. The van der Waals surface area contributed by atoms with Gasteiger partial charge in [-0.25, -0.2) is 0 Å². The molecule has 1 aliphatic heterocycles. The van der Waals surface area contributed by atoms with Crippen LogP contribution in [0.25, 0.3) is 0 Å². The summed E-state index contributed by atoms with van der Waals surface area (Å²) in [5.74, 6) is -3.44. The topological polar surface area (TPSA) is 151 Å². The number of hydrogen-bond donors (Lipinski definition) is 4. The van der Waals surface area contributed by atoms with Crippen molar-refractivity contribution in [3.05, 3.63) is 68.6 Å². The minimum absolute atomic E-state index is 0.000532. The minimum atomic E-state index is -1.36. The van der Waals surface area contributed by atoms with Gasteiger partial charge in [-0.15, -0.1) is 0 Å². The Bertz CT molecular complexity index is 1280. The van der Waals surface area contributed by atoms with E-state index in [9.17, 15) is 34.6 Å². The molecule has 1 aliphatic rings.